The fourth-order valence-electron chi connectivity index (χ4n) is 3.64. The van der Waals surface area contributed by atoms with Gasteiger partial charge in [0.25, 0.3) is 0 Å². The highest BCUT2D eigenvalue weighted by Gasteiger charge is 2.31. The number of nitrogens with zero attached hydrogens (tertiary/aromatic N) is 1. The lowest BCUT2D eigenvalue weighted by atomic mass is 10.1. The summed E-state index contributed by atoms with van der Waals surface area (Å²) < 4.78 is 39.0. The Kier molecular flexibility index (Phi) is 7.16. The minimum atomic E-state index is -3.55. The number of hydrogen-bond donors (Lipinski definition) is 1. The number of sulfonamides is 1. The fraction of sp³-hybridized carbons (Fsp3) is 0.455. The summed E-state index contributed by atoms with van der Waals surface area (Å²) in [6.45, 7) is 10.4. The van der Waals surface area contributed by atoms with Crippen LogP contribution in [-0.4, -0.2) is 52.1 Å². The Labute approximate surface area is 174 Å². The number of quaternary nitrogens is 1. The first kappa shape index (κ1) is 21.6. The van der Waals surface area contributed by atoms with Crippen LogP contribution in [0.4, 0.5) is 0 Å². The molecule has 158 valence electrons. The Morgan fingerprint density at radius 1 is 0.966 bits per heavy atom. The van der Waals surface area contributed by atoms with E-state index in [1.165, 1.54) is 16.0 Å². The second kappa shape index (κ2) is 9.61. The predicted molar refractivity (Wildman–Crippen MR) is 113 cm³/mol. The molecule has 0 spiro atoms. The summed E-state index contributed by atoms with van der Waals surface area (Å²) >= 11 is 0. The van der Waals surface area contributed by atoms with Crippen molar-refractivity contribution < 1.29 is 22.8 Å². The third-order valence-corrected chi connectivity index (χ3v) is 7.18. The highest BCUT2D eigenvalue weighted by atomic mass is 32.2. The first-order chi connectivity index (χ1) is 14.0. The van der Waals surface area contributed by atoms with E-state index < -0.39 is 10.0 Å². The summed E-state index contributed by atoms with van der Waals surface area (Å²) in [5.41, 5.74) is 2.61. The highest BCUT2D eigenvalue weighted by molar-refractivity contribution is 7.89. The van der Waals surface area contributed by atoms with Crippen molar-refractivity contribution in [2.45, 2.75) is 32.2 Å². The van der Waals surface area contributed by atoms with Gasteiger partial charge in [-0.1, -0.05) is 24.3 Å². The SMILES string of the molecule is CCOc1ccc(S(=O)(=O)N2CC[NH+](Cc3ccccc3C)CC2)cc1OCC. The second-order valence-electron chi connectivity index (χ2n) is 7.23. The Morgan fingerprint density at radius 3 is 2.28 bits per heavy atom. The zero-order chi connectivity index (χ0) is 20.9. The van der Waals surface area contributed by atoms with Crippen LogP contribution in [-0.2, 0) is 16.6 Å². The van der Waals surface area contributed by atoms with Gasteiger partial charge >= 0.3 is 0 Å². The molecule has 29 heavy (non-hydrogen) atoms. The smallest absolute Gasteiger partial charge is 0.243 e. The van der Waals surface area contributed by atoms with Crippen molar-refractivity contribution in [1.29, 1.82) is 0 Å². The molecule has 6 nitrogen and oxygen atoms in total. The lowest BCUT2D eigenvalue weighted by Crippen LogP contribution is -3.13. The molecule has 0 bridgehead atoms. The first-order valence-electron chi connectivity index (χ1n) is 10.2. The van der Waals surface area contributed by atoms with E-state index in [0.717, 1.165) is 19.6 Å². The molecule has 2 aromatic carbocycles. The molecule has 1 aliphatic rings. The van der Waals surface area contributed by atoms with Gasteiger partial charge in [0.1, 0.15) is 6.54 Å². The summed E-state index contributed by atoms with van der Waals surface area (Å²) in [6.07, 6.45) is 0. The molecule has 0 atom stereocenters. The summed E-state index contributed by atoms with van der Waals surface area (Å²) in [5, 5.41) is 0. The summed E-state index contributed by atoms with van der Waals surface area (Å²) in [4.78, 5) is 1.67. The highest BCUT2D eigenvalue weighted by Crippen LogP contribution is 2.31. The first-order valence-corrected chi connectivity index (χ1v) is 11.7. The van der Waals surface area contributed by atoms with E-state index in [1.54, 1.807) is 22.5 Å². The van der Waals surface area contributed by atoms with Gasteiger partial charge in [-0.15, -0.1) is 0 Å². The monoisotopic (exact) mass is 419 g/mol. The molecule has 1 heterocycles. The van der Waals surface area contributed by atoms with E-state index in [2.05, 4.69) is 25.1 Å². The van der Waals surface area contributed by atoms with Gasteiger partial charge < -0.3 is 14.4 Å². The zero-order valence-corrected chi connectivity index (χ0v) is 18.3. The lowest BCUT2D eigenvalue weighted by molar-refractivity contribution is -0.917. The number of piperazine rings is 1. The van der Waals surface area contributed by atoms with Crippen LogP contribution < -0.4 is 14.4 Å². The Balaban J connectivity index is 1.69. The van der Waals surface area contributed by atoms with Crippen LogP contribution in [0.3, 0.4) is 0 Å². The van der Waals surface area contributed by atoms with Gasteiger partial charge in [-0.05, 0) is 38.5 Å². The molecule has 0 unspecified atom stereocenters. The minimum Gasteiger partial charge on any atom is -0.490 e. The summed E-state index contributed by atoms with van der Waals surface area (Å²) in [7, 11) is -3.55. The zero-order valence-electron chi connectivity index (χ0n) is 17.5. The molecule has 0 radical (unpaired) electrons. The maximum atomic E-state index is 13.2. The van der Waals surface area contributed by atoms with Gasteiger partial charge in [0, 0.05) is 11.6 Å². The molecule has 0 aromatic heterocycles. The van der Waals surface area contributed by atoms with E-state index in [0.29, 0.717) is 37.8 Å². The molecule has 2 aromatic rings. The van der Waals surface area contributed by atoms with Gasteiger partial charge in [0.15, 0.2) is 11.5 Å². The number of rotatable bonds is 8. The molecule has 0 aliphatic carbocycles. The van der Waals surface area contributed by atoms with Gasteiger partial charge in [-0.25, -0.2) is 8.42 Å². The number of aryl methyl sites for hydroxylation is 1. The third kappa shape index (κ3) is 5.10. The van der Waals surface area contributed by atoms with Crippen LogP contribution in [0.2, 0.25) is 0 Å². The van der Waals surface area contributed by atoms with Gasteiger partial charge in [0.05, 0.1) is 44.3 Å². The van der Waals surface area contributed by atoms with Crippen LogP contribution in [0, 0.1) is 6.92 Å². The van der Waals surface area contributed by atoms with E-state index >= 15 is 0 Å². The molecule has 7 heteroatoms. The number of ether oxygens (including phenoxy) is 2. The molecule has 1 N–H and O–H groups in total. The maximum absolute atomic E-state index is 13.2. The van der Waals surface area contributed by atoms with E-state index in [4.69, 9.17) is 9.47 Å². The molecular weight excluding hydrogens is 388 g/mol. The van der Waals surface area contributed by atoms with Crippen molar-refractivity contribution in [3.63, 3.8) is 0 Å². The number of nitrogens with one attached hydrogen (secondary N) is 1. The van der Waals surface area contributed by atoms with E-state index in [9.17, 15) is 8.42 Å². The maximum Gasteiger partial charge on any atom is 0.243 e. The standard InChI is InChI=1S/C22H30N2O4S/c1-4-27-21-11-10-20(16-22(21)28-5-2)29(25,26)24-14-12-23(13-15-24)17-19-9-7-6-8-18(19)3/h6-11,16H,4-5,12-15,17H2,1-3H3/p+1. The largest absolute Gasteiger partial charge is 0.490 e. The third-order valence-electron chi connectivity index (χ3n) is 5.28. The van der Waals surface area contributed by atoms with E-state index in [-0.39, 0.29) is 4.90 Å². The van der Waals surface area contributed by atoms with E-state index in [1.807, 2.05) is 19.9 Å². The van der Waals surface area contributed by atoms with Crippen molar-refractivity contribution in [1.82, 2.24) is 4.31 Å². The van der Waals surface area contributed by atoms with Crippen molar-refractivity contribution in [2.75, 3.05) is 39.4 Å². The average Bonchev–Trinajstić information content (AvgIpc) is 2.72. The van der Waals surface area contributed by atoms with Crippen molar-refractivity contribution >= 4 is 10.0 Å². The Morgan fingerprint density at radius 2 is 1.62 bits per heavy atom. The molecule has 1 fully saturated rings. The number of benzene rings is 2. The quantitative estimate of drug-likeness (QED) is 0.710. The van der Waals surface area contributed by atoms with Gasteiger partial charge in [0.2, 0.25) is 10.0 Å². The van der Waals surface area contributed by atoms with Crippen LogP contribution in [0.15, 0.2) is 47.4 Å². The van der Waals surface area contributed by atoms with Gasteiger partial charge in [-0.2, -0.15) is 4.31 Å². The molecular formula is C22H31N2O4S+. The molecule has 3 rings (SSSR count). The molecule has 0 amide bonds. The molecule has 1 aliphatic heterocycles. The van der Waals surface area contributed by atoms with Crippen LogP contribution in [0.1, 0.15) is 25.0 Å². The number of hydrogen-bond acceptors (Lipinski definition) is 4. The Bertz CT molecular complexity index is 922. The van der Waals surface area contributed by atoms with Crippen LogP contribution in [0.5, 0.6) is 11.5 Å². The van der Waals surface area contributed by atoms with Crippen molar-refractivity contribution in [3.8, 4) is 11.5 Å². The van der Waals surface area contributed by atoms with Crippen LogP contribution >= 0.6 is 0 Å². The van der Waals surface area contributed by atoms with Crippen molar-refractivity contribution in [2.24, 2.45) is 0 Å². The second-order valence-corrected chi connectivity index (χ2v) is 9.17. The lowest BCUT2D eigenvalue weighted by Gasteiger charge is -2.32. The normalized spacial score (nSPS) is 16.0. The van der Waals surface area contributed by atoms with Gasteiger partial charge in [-0.3, -0.25) is 0 Å². The summed E-state index contributed by atoms with van der Waals surface area (Å²) in [5.74, 6) is 1.04. The van der Waals surface area contributed by atoms with Crippen molar-refractivity contribution in [3.05, 3.63) is 53.6 Å². The topological polar surface area (TPSA) is 60.3 Å². The summed E-state index contributed by atoms with van der Waals surface area (Å²) in [6, 6.07) is 13.3. The molecule has 1 saturated heterocycles. The fourth-order valence-corrected chi connectivity index (χ4v) is 5.10. The molecule has 0 saturated carbocycles. The minimum absolute atomic E-state index is 0.256. The Hall–Kier alpha value is -2.09. The predicted octanol–water partition coefficient (Wildman–Crippen LogP) is 1.88. The average molecular weight is 420 g/mol. The van der Waals surface area contributed by atoms with Crippen LogP contribution in [0.25, 0.3) is 0 Å².